The Morgan fingerprint density at radius 3 is 2.46 bits per heavy atom. The van der Waals surface area contributed by atoms with Crippen LogP contribution in [-0.2, 0) is 11.3 Å². The minimum absolute atomic E-state index is 0.00725. The monoisotopic (exact) mass is 367 g/mol. The first-order valence-corrected chi connectivity index (χ1v) is 9.32. The zero-order valence-corrected chi connectivity index (χ0v) is 16.2. The molecule has 0 aliphatic carbocycles. The number of aryl methyl sites for hydroxylation is 3. The van der Waals surface area contributed by atoms with E-state index in [1.807, 2.05) is 51.1 Å². The number of carbonyl (C=O) groups excluding carboxylic acids is 1. The highest BCUT2D eigenvalue weighted by atomic mass is 32.2. The fourth-order valence-electron chi connectivity index (χ4n) is 2.66. The zero-order valence-electron chi connectivity index (χ0n) is 15.4. The Morgan fingerprint density at radius 1 is 1.04 bits per heavy atom. The molecule has 0 atom stereocenters. The van der Waals surface area contributed by atoms with Crippen LogP contribution < -0.4 is 0 Å². The summed E-state index contributed by atoms with van der Waals surface area (Å²) >= 11 is 1.35. The molecule has 0 fully saturated rings. The number of rotatable bonds is 5. The van der Waals surface area contributed by atoms with E-state index in [2.05, 4.69) is 19.9 Å². The summed E-state index contributed by atoms with van der Waals surface area (Å²) in [5.74, 6) is 0.920. The molecule has 2 aromatic heterocycles. The summed E-state index contributed by atoms with van der Waals surface area (Å²) in [4.78, 5) is 31.9. The lowest BCUT2D eigenvalue weighted by molar-refractivity contribution is -0.127. The summed E-state index contributed by atoms with van der Waals surface area (Å²) < 4.78 is 0. The lowest BCUT2D eigenvalue weighted by Crippen LogP contribution is -2.28. The van der Waals surface area contributed by atoms with E-state index in [-0.39, 0.29) is 11.7 Å². The van der Waals surface area contributed by atoms with Crippen LogP contribution in [0.1, 0.15) is 22.9 Å². The molecule has 3 rings (SSSR count). The van der Waals surface area contributed by atoms with Crippen molar-refractivity contribution in [3.63, 3.8) is 0 Å². The van der Waals surface area contributed by atoms with Gasteiger partial charge in [-0.25, -0.2) is 19.9 Å². The van der Waals surface area contributed by atoms with Gasteiger partial charge in [-0.15, -0.1) is 0 Å². The Morgan fingerprint density at radius 2 is 1.73 bits per heavy atom. The number of thioether (sulfide) groups is 1. The van der Waals surface area contributed by atoms with Gasteiger partial charge >= 0.3 is 0 Å². The molecule has 0 bridgehead atoms. The van der Waals surface area contributed by atoms with E-state index >= 15 is 0 Å². The zero-order chi connectivity index (χ0) is 18.7. The standard InChI is InChI=1S/C19H21N5OS/c1-12-9-13(2)21-19(20-12)26-11-18(25)24(4)10-17-22-14(3)15-7-5-6-8-16(15)23-17/h5-9H,10-11H2,1-4H3. The molecule has 0 radical (unpaired) electrons. The van der Waals surface area contributed by atoms with Crippen molar-refractivity contribution in [2.45, 2.75) is 32.5 Å². The van der Waals surface area contributed by atoms with Gasteiger partial charge in [0.15, 0.2) is 5.16 Å². The van der Waals surface area contributed by atoms with Gasteiger partial charge in [0.05, 0.1) is 17.8 Å². The van der Waals surface area contributed by atoms with Gasteiger partial charge in [-0.1, -0.05) is 30.0 Å². The van der Waals surface area contributed by atoms with Crippen LogP contribution >= 0.6 is 11.8 Å². The molecule has 0 aliphatic heterocycles. The highest BCUT2D eigenvalue weighted by Gasteiger charge is 2.14. The average Bonchev–Trinajstić information content (AvgIpc) is 2.59. The second-order valence-electron chi connectivity index (χ2n) is 6.21. The topological polar surface area (TPSA) is 71.9 Å². The van der Waals surface area contributed by atoms with Gasteiger partial charge in [0.2, 0.25) is 5.91 Å². The second kappa shape index (κ2) is 7.78. The number of benzene rings is 1. The fourth-order valence-corrected chi connectivity index (χ4v) is 3.55. The second-order valence-corrected chi connectivity index (χ2v) is 7.16. The van der Waals surface area contributed by atoms with Gasteiger partial charge in [-0.05, 0) is 32.9 Å². The molecule has 0 spiro atoms. The minimum atomic E-state index is -0.00725. The average molecular weight is 367 g/mol. The smallest absolute Gasteiger partial charge is 0.233 e. The van der Waals surface area contributed by atoms with Crippen LogP contribution in [0.3, 0.4) is 0 Å². The normalized spacial score (nSPS) is 10.9. The molecular weight excluding hydrogens is 346 g/mol. The van der Waals surface area contributed by atoms with Gasteiger partial charge in [0.25, 0.3) is 0 Å². The van der Waals surface area contributed by atoms with E-state index < -0.39 is 0 Å². The molecule has 7 heteroatoms. The molecule has 1 aromatic carbocycles. The van der Waals surface area contributed by atoms with Crippen LogP contribution in [-0.4, -0.2) is 43.5 Å². The van der Waals surface area contributed by atoms with Crippen molar-refractivity contribution in [1.82, 2.24) is 24.8 Å². The van der Waals surface area contributed by atoms with E-state index in [0.717, 1.165) is 28.0 Å². The third-order valence-electron chi connectivity index (χ3n) is 3.93. The van der Waals surface area contributed by atoms with Crippen LogP contribution in [0, 0.1) is 20.8 Å². The van der Waals surface area contributed by atoms with Crippen LogP contribution in [0.2, 0.25) is 0 Å². The van der Waals surface area contributed by atoms with Gasteiger partial charge in [-0.2, -0.15) is 0 Å². The van der Waals surface area contributed by atoms with Crippen molar-refractivity contribution in [3.05, 3.63) is 53.2 Å². The Kier molecular flexibility index (Phi) is 5.46. The van der Waals surface area contributed by atoms with Gasteiger partial charge < -0.3 is 4.90 Å². The number of amides is 1. The maximum Gasteiger partial charge on any atom is 0.233 e. The third kappa shape index (κ3) is 4.35. The van der Waals surface area contributed by atoms with E-state index in [1.165, 1.54) is 11.8 Å². The van der Waals surface area contributed by atoms with Crippen LogP contribution in [0.4, 0.5) is 0 Å². The Balaban J connectivity index is 1.65. The molecule has 1 amide bonds. The number of carbonyl (C=O) groups is 1. The molecule has 6 nitrogen and oxygen atoms in total. The number of aromatic nitrogens is 4. The lowest BCUT2D eigenvalue weighted by atomic mass is 10.2. The van der Waals surface area contributed by atoms with Crippen molar-refractivity contribution < 1.29 is 4.79 Å². The van der Waals surface area contributed by atoms with Crippen molar-refractivity contribution in [2.24, 2.45) is 0 Å². The summed E-state index contributed by atoms with van der Waals surface area (Å²) in [6.07, 6.45) is 0. The summed E-state index contributed by atoms with van der Waals surface area (Å²) in [7, 11) is 1.76. The SMILES string of the molecule is Cc1cc(C)nc(SCC(=O)N(C)Cc2nc(C)c3ccccc3n2)n1. The highest BCUT2D eigenvalue weighted by Crippen LogP contribution is 2.17. The van der Waals surface area contributed by atoms with Gasteiger partial charge in [0, 0.05) is 29.5 Å². The Hall–Kier alpha value is -2.54. The Labute approximate surface area is 157 Å². The quantitative estimate of drug-likeness (QED) is 0.510. The lowest BCUT2D eigenvalue weighted by Gasteiger charge is -2.16. The van der Waals surface area contributed by atoms with E-state index in [0.29, 0.717) is 17.5 Å². The molecular formula is C19H21N5OS. The number of fused-ring (bicyclic) bond motifs is 1. The molecule has 0 aliphatic rings. The molecule has 3 aromatic rings. The van der Waals surface area contributed by atoms with Gasteiger partial charge in [-0.3, -0.25) is 4.79 Å². The Bertz CT molecular complexity index is 940. The van der Waals surface area contributed by atoms with Crippen LogP contribution in [0.25, 0.3) is 10.9 Å². The third-order valence-corrected chi connectivity index (χ3v) is 4.76. The molecule has 134 valence electrons. The maximum atomic E-state index is 12.4. The molecule has 2 heterocycles. The fraction of sp³-hybridized carbons (Fsp3) is 0.316. The van der Waals surface area contributed by atoms with E-state index in [4.69, 9.17) is 0 Å². The van der Waals surface area contributed by atoms with Crippen molar-refractivity contribution >= 4 is 28.6 Å². The largest absolute Gasteiger partial charge is 0.337 e. The summed E-state index contributed by atoms with van der Waals surface area (Å²) in [5, 5.41) is 1.66. The maximum absolute atomic E-state index is 12.4. The van der Waals surface area contributed by atoms with Crippen LogP contribution in [0.5, 0.6) is 0 Å². The van der Waals surface area contributed by atoms with Crippen molar-refractivity contribution in [2.75, 3.05) is 12.8 Å². The van der Waals surface area contributed by atoms with Crippen molar-refractivity contribution in [1.29, 1.82) is 0 Å². The van der Waals surface area contributed by atoms with Gasteiger partial charge in [0.1, 0.15) is 5.82 Å². The number of nitrogens with zero attached hydrogens (tertiary/aromatic N) is 5. The summed E-state index contributed by atoms with van der Waals surface area (Å²) in [6, 6.07) is 9.80. The first kappa shape index (κ1) is 18.3. The highest BCUT2D eigenvalue weighted by molar-refractivity contribution is 7.99. The first-order chi connectivity index (χ1) is 12.4. The number of hydrogen-bond donors (Lipinski definition) is 0. The van der Waals surface area contributed by atoms with E-state index in [9.17, 15) is 4.79 Å². The van der Waals surface area contributed by atoms with Crippen molar-refractivity contribution in [3.8, 4) is 0 Å². The molecule has 0 saturated carbocycles. The first-order valence-electron chi connectivity index (χ1n) is 8.33. The number of para-hydroxylation sites is 1. The molecule has 0 saturated heterocycles. The molecule has 0 N–H and O–H groups in total. The minimum Gasteiger partial charge on any atom is -0.337 e. The van der Waals surface area contributed by atoms with Crippen LogP contribution in [0.15, 0.2) is 35.5 Å². The summed E-state index contributed by atoms with van der Waals surface area (Å²) in [6.45, 7) is 6.18. The number of hydrogen-bond acceptors (Lipinski definition) is 6. The predicted molar refractivity (Wildman–Crippen MR) is 103 cm³/mol. The molecule has 0 unspecified atom stereocenters. The predicted octanol–water partition coefficient (Wildman–Crippen LogP) is 3.10. The molecule has 26 heavy (non-hydrogen) atoms. The summed E-state index contributed by atoms with van der Waals surface area (Å²) in [5.41, 5.74) is 3.63. The van der Waals surface area contributed by atoms with E-state index in [1.54, 1.807) is 11.9 Å².